The normalized spacial score (nSPS) is 11.1. The molecule has 0 unspecified atom stereocenters. The van der Waals surface area contributed by atoms with E-state index in [0.717, 1.165) is 9.37 Å². The Morgan fingerprint density at radius 3 is 2.52 bits per heavy atom. The van der Waals surface area contributed by atoms with Gasteiger partial charge < -0.3 is 0 Å². The van der Waals surface area contributed by atoms with Gasteiger partial charge in [-0.3, -0.25) is 15.1 Å². The van der Waals surface area contributed by atoms with E-state index in [9.17, 15) is 14.5 Å². The molecule has 0 saturated heterocycles. The highest BCUT2D eigenvalue weighted by molar-refractivity contribution is 9.10. The van der Waals surface area contributed by atoms with E-state index in [1.165, 1.54) is 42.2 Å². The summed E-state index contributed by atoms with van der Waals surface area (Å²) in [6.07, 6.45) is 1.48. The van der Waals surface area contributed by atoms with Crippen LogP contribution >= 0.6 is 39.3 Å². The number of hydrogen-bond acceptors (Lipinski definition) is 4. The molecule has 0 aliphatic rings. The lowest BCUT2D eigenvalue weighted by atomic mass is 10.2. The van der Waals surface area contributed by atoms with E-state index < -0.39 is 10.7 Å². The summed E-state index contributed by atoms with van der Waals surface area (Å²) in [5.41, 5.74) is 1.00. The van der Waals surface area contributed by atoms with Crippen LogP contribution in [-0.4, -0.2) is 11.1 Å². The zero-order valence-corrected chi connectivity index (χ0v) is 16.8. The minimum absolute atomic E-state index is 0.0102. The zero-order chi connectivity index (χ0) is 19.4. The Hall–Kier alpha value is -2.22. The number of halogens is 3. The second-order valence-electron chi connectivity index (χ2n) is 5.40. The van der Waals surface area contributed by atoms with E-state index in [1.54, 1.807) is 12.1 Å². The topological polar surface area (TPSA) is 55.5 Å². The second-order valence-corrected chi connectivity index (χ2v) is 7.84. The monoisotopic (exact) mass is 464 g/mol. The summed E-state index contributed by atoms with van der Waals surface area (Å²) in [5, 5.41) is 11.4. The van der Waals surface area contributed by atoms with Crippen molar-refractivity contribution in [2.45, 2.75) is 9.79 Å². The fourth-order valence-electron chi connectivity index (χ4n) is 2.19. The maximum atomic E-state index is 13.2. The first-order valence-electron chi connectivity index (χ1n) is 7.63. The molecule has 0 fully saturated rings. The number of nitro benzene ring substituents is 1. The third-order valence-corrected chi connectivity index (χ3v) is 5.38. The third-order valence-electron chi connectivity index (χ3n) is 3.49. The molecular formula is C19H11BrClFN2O2S. The molecule has 0 aliphatic carbocycles. The van der Waals surface area contributed by atoms with Gasteiger partial charge in [-0.1, -0.05) is 45.4 Å². The second kappa shape index (κ2) is 8.65. The molecule has 3 aromatic rings. The first-order chi connectivity index (χ1) is 12.9. The van der Waals surface area contributed by atoms with Gasteiger partial charge in [-0.05, 0) is 54.1 Å². The van der Waals surface area contributed by atoms with Crippen molar-refractivity contribution >= 4 is 56.9 Å². The average molecular weight is 466 g/mol. The molecule has 0 atom stereocenters. The highest BCUT2D eigenvalue weighted by Gasteiger charge is 2.15. The van der Waals surface area contributed by atoms with Gasteiger partial charge in [0.1, 0.15) is 5.82 Å². The molecule has 8 heteroatoms. The van der Waals surface area contributed by atoms with E-state index in [1.807, 2.05) is 24.3 Å². The van der Waals surface area contributed by atoms with Crippen molar-refractivity contribution in [2.24, 2.45) is 4.99 Å². The van der Waals surface area contributed by atoms with Crippen LogP contribution in [0.3, 0.4) is 0 Å². The zero-order valence-electron chi connectivity index (χ0n) is 13.6. The number of rotatable bonds is 5. The quantitative estimate of drug-likeness (QED) is 0.230. The van der Waals surface area contributed by atoms with Gasteiger partial charge in [0.05, 0.1) is 20.5 Å². The van der Waals surface area contributed by atoms with Gasteiger partial charge in [-0.15, -0.1) is 0 Å². The first kappa shape index (κ1) is 19.5. The Morgan fingerprint density at radius 2 is 1.85 bits per heavy atom. The largest absolute Gasteiger partial charge is 0.283 e. The van der Waals surface area contributed by atoms with Crippen LogP contribution in [0.1, 0.15) is 5.56 Å². The van der Waals surface area contributed by atoms with Crippen LogP contribution in [0.15, 0.2) is 79.9 Å². The van der Waals surface area contributed by atoms with Gasteiger partial charge in [0, 0.05) is 21.6 Å². The summed E-state index contributed by atoms with van der Waals surface area (Å²) >= 11 is 10.4. The number of aliphatic imine (C=N–C) groups is 1. The lowest BCUT2D eigenvalue weighted by molar-refractivity contribution is -0.387. The summed E-state index contributed by atoms with van der Waals surface area (Å²) in [4.78, 5) is 16.6. The van der Waals surface area contributed by atoms with Crippen molar-refractivity contribution in [3.63, 3.8) is 0 Å². The van der Waals surface area contributed by atoms with Gasteiger partial charge in [0.15, 0.2) is 0 Å². The summed E-state index contributed by atoms with van der Waals surface area (Å²) in [5.74, 6) is -0.527. The van der Waals surface area contributed by atoms with E-state index >= 15 is 0 Å². The molecule has 0 bridgehead atoms. The third kappa shape index (κ3) is 5.15. The van der Waals surface area contributed by atoms with Crippen LogP contribution in [0.2, 0.25) is 5.02 Å². The maximum Gasteiger partial charge on any atom is 0.283 e. The van der Waals surface area contributed by atoms with Gasteiger partial charge in [0.25, 0.3) is 5.69 Å². The molecule has 3 aromatic carbocycles. The van der Waals surface area contributed by atoms with Crippen LogP contribution < -0.4 is 0 Å². The van der Waals surface area contributed by atoms with Crippen molar-refractivity contribution in [3.05, 3.63) is 91.7 Å². The molecule has 0 aliphatic heterocycles. The van der Waals surface area contributed by atoms with Crippen molar-refractivity contribution in [2.75, 3.05) is 0 Å². The lowest BCUT2D eigenvalue weighted by Gasteiger charge is -2.04. The minimum atomic E-state index is -0.527. The lowest BCUT2D eigenvalue weighted by Crippen LogP contribution is -1.93. The summed E-state index contributed by atoms with van der Waals surface area (Å²) in [6, 6.07) is 16.5. The molecule has 0 radical (unpaired) electrons. The van der Waals surface area contributed by atoms with Crippen LogP contribution in [0.25, 0.3) is 0 Å². The van der Waals surface area contributed by atoms with Crippen LogP contribution in [0, 0.1) is 15.9 Å². The number of hydrogen-bond donors (Lipinski definition) is 0. The van der Waals surface area contributed by atoms with Gasteiger partial charge in [-0.25, -0.2) is 4.39 Å². The van der Waals surface area contributed by atoms with E-state index in [4.69, 9.17) is 11.6 Å². The fourth-order valence-corrected chi connectivity index (χ4v) is 3.53. The predicted molar refractivity (Wildman–Crippen MR) is 110 cm³/mol. The Kier molecular flexibility index (Phi) is 6.26. The van der Waals surface area contributed by atoms with Crippen LogP contribution in [-0.2, 0) is 0 Å². The Morgan fingerprint density at radius 1 is 1.11 bits per heavy atom. The Labute approximate surface area is 172 Å². The van der Waals surface area contributed by atoms with E-state index in [-0.39, 0.29) is 10.7 Å². The summed E-state index contributed by atoms with van der Waals surface area (Å²) in [6.45, 7) is 0. The number of benzene rings is 3. The fraction of sp³-hybridized carbons (Fsp3) is 0. The molecule has 3 rings (SSSR count). The molecule has 4 nitrogen and oxygen atoms in total. The maximum absolute atomic E-state index is 13.2. The first-order valence-corrected chi connectivity index (χ1v) is 9.62. The molecular weight excluding hydrogens is 455 g/mol. The number of nitrogens with zero attached hydrogens (tertiary/aromatic N) is 2. The van der Waals surface area contributed by atoms with Gasteiger partial charge >= 0.3 is 0 Å². The highest BCUT2D eigenvalue weighted by atomic mass is 79.9. The molecule has 0 amide bonds. The smallest absolute Gasteiger partial charge is 0.258 e. The van der Waals surface area contributed by atoms with E-state index in [2.05, 4.69) is 20.9 Å². The standard InChI is InChI=1S/C19H11BrClFN2O2S/c20-13-2-5-15(6-3-13)27-19-8-1-12(9-18(19)24(25)26)11-23-14-4-7-17(22)16(21)10-14/h1-11H. The molecule has 0 saturated carbocycles. The van der Waals surface area contributed by atoms with Gasteiger partial charge in [-0.2, -0.15) is 0 Å². The average Bonchev–Trinajstić information content (AvgIpc) is 2.65. The highest BCUT2D eigenvalue weighted by Crippen LogP contribution is 2.35. The molecule has 0 heterocycles. The SMILES string of the molecule is O=[N+]([O-])c1cc(C=Nc2ccc(F)c(Cl)c2)ccc1Sc1ccc(Br)cc1. The predicted octanol–water partition coefficient (Wildman–Crippen LogP) is 7.05. The van der Waals surface area contributed by atoms with Crippen molar-refractivity contribution < 1.29 is 9.31 Å². The van der Waals surface area contributed by atoms with Crippen molar-refractivity contribution in [1.29, 1.82) is 0 Å². The molecule has 0 spiro atoms. The Balaban J connectivity index is 1.86. The summed E-state index contributed by atoms with van der Waals surface area (Å²) < 4.78 is 14.1. The van der Waals surface area contributed by atoms with Crippen LogP contribution in [0.4, 0.5) is 15.8 Å². The summed E-state index contributed by atoms with van der Waals surface area (Å²) in [7, 11) is 0. The van der Waals surface area contributed by atoms with Gasteiger partial charge in [0.2, 0.25) is 0 Å². The molecule has 0 aromatic heterocycles. The minimum Gasteiger partial charge on any atom is -0.258 e. The number of nitro groups is 1. The van der Waals surface area contributed by atoms with Crippen molar-refractivity contribution in [1.82, 2.24) is 0 Å². The molecule has 27 heavy (non-hydrogen) atoms. The van der Waals surface area contributed by atoms with E-state index in [0.29, 0.717) is 16.1 Å². The molecule has 136 valence electrons. The van der Waals surface area contributed by atoms with Crippen molar-refractivity contribution in [3.8, 4) is 0 Å². The Bertz CT molecular complexity index is 1030. The van der Waals surface area contributed by atoms with Crippen LogP contribution in [0.5, 0.6) is 0 Å². The molecule has 0 N–H and O–H groups in total.